The Hall–Kier alpha value is -0.530. The molecule has 4 atom stereocenters. The highest BCUT2D eigenvalue weighted by Crippen LogP contribution is 2.57. The largest absolute Gasteiger partial charge is 0.481 e. The van der Waals surface area contributed by atoms with Crippen LogP contribution in [0, 0.1) is 23.7 Å². The normalized spacial score (nSPS) is 50.5. The van der Waals surface area contributed by atoms with Crippen molar-refractivity contribution in [2.75, 3.05) is 0 Å². The molecule has 2 heteroatoms. The molecular weight excluding hydrogens is 128 g/mol. The first-order valence-electron chi connectivity index (χ1n) is 3.93. The van der Waals surface area contributed by atoms with E-state index in [0.29, 0.717) is 5.92 Å². The Bertz CT molecular complexity index is 176. The second-order valence-electron chi connectivity index (χ2n) is 3.72. The zero-order chi connectivity index (χ0) is 7.30. The number of carboxylic acid groups (broad SMARTS) is 1. The van der Waals surface area contributed by atoms with Gasteiger partial charge in [-0.15, -0.1) is 0 Å². The number of carboxylic acids is 1. The Labute approximate surface area is 60.2 Å². The first-order valence-corrected chi connectivity index (χ1v) is 3.93. The molecule has 0 spiro atoms. The van der Waals surface area contributed by atoms with Crippen LogP contribution in [0.5, 0.6) is 0 Å². The smallest absolute Gasteiger partial charge is 0.306 e. The van der Waals surface area contributed by atoms with Crippen molar-refractivity contribution in [1.29, 1.82) is 0 Å². The maximum Gasteiger partial charge on any atom is 0.306 e. The Kier molecular flexibility index (Phi) is 1.08. The van der Waals surface area contributed by atoms with Gasteiger partial charge in [0.2, 0.25) is 0 Å². The molecular formula is C8H12O2. The highest BCUT2D eigenvalue weighted by Gasteiger charge is 2.54. The molecule has 10 heavy (non-hydrogen) atoms. The summed E-state index contributed by atoms with van der Waals surface area (Å²) in [5.74, 6) is 1.57. The number of hydrogen-bond acceptors (Lipinski definition) is 1. The summed E-state index contributed by atoms with van der Waals surface area (Å²) in [5.41, 5.74) is 0. The van der Waals surface area contributed by atoms with Crippen LogP contribution < -0.4 is 0 Å². The van der Waals surface area contributed by atoms with Gasteiger partial charge >= 0.3 is 5.97 Å². The third-order valence-corrected chi connectivity index (χ3v) is 2.88. The average molecular weight is 140 g/mol. The monoisotopic (exact) mass is 140 g/mol. The number of carbonyl (C=O) groups is 1. The van der Waals surface area contributed by atoms with Crippen molar-refractivity contribution in [3.8, 4) is 0 Å². The number of hydrogen-bond donors (Lipinski definition) is 1. The van der Waals surface area contributed by atoms with E-state index in [9.17, 15) is 4.79 Å². The van der Waals surface area contributed by atoms with Gasteiger partial charge in [-0.25, -0.2) is 0 Å². The fourth-order valence-electron chi connectivity index (χ4n) is 1.92. The van der Waals surface area contributed by atoms with Gasteiger partial charge < -0.3 is 5.11 Å². The average Bonchev–Trinajstić information content (AvgIpc) is 2.57. The van der Waals surface area contributed by atoms with Crippen molar-refractivity contribution in [1.82, 2.24) is 0 Å². The minimum absolute atomic E-state index is 0.0231. The summed E-state index contributed by atoms with van der Waals surface area (Å²) in [7, 11) is 0. The van der Waals surface area contributed by atoms with Crippen molar-refractivity contribution in [2.45, 2.75) is 19.8 Å². The molecule has 0 saturated heterocycles. The van der Waals surface area contributed by atoms with Crippen LogP contribution in [0.3, 0.4) is 0 Å². The van der Waals surface area contributed by atoms with E-state index in [0.717, 1.165) is 18.3 Å². The van der Waals surface area contributed by atoms with Crippen molar-refractivity contribution < 1.29 is 9.90 Å². The van der Waals surface area contributed by atoms with E-state index in [1.54, 1.807) is 0 Å². The Morgan fingerprint density at radius 1 is 1.40 bits per heavy atom. The van der Waals surface area contributed by atoms with Crippen LogP contribution in [-0.2, 0) is 4.79 Å². The zero-order valence-electron chi connectivity index (χ0n) is 6.08. The Morgan fingerprint density at radius 2 is 2.00 bits per heavy atom. The maximum atomic E-state index is 10.4. The van der Waals surface area contributed by atoms with Crippen molar-refractivity contribution in [2.24, 2.45) is 23.7 Å². The molecule has 2 unspecified atom stereocenters. The first kappa shape index (κ1) is 6.20. The molecule has 0 bridgehead atoms. The van der Waals surface area contributed by atoms with E-state index in [1.165, 1.54) is 6.42 Å². The van der Waals surface area contributed by atoms with Crippen LogP contribution in [0.1, 0.15) is 19.8 Å². The summed E-state index contributed by atoms with van der Waals surface area (Å²) < 4.78 is 0. The fourth-order valence-corrected chi connectivity index (χ4v) is 1.92. The lowest BCUT2D eigenvalue weighted by Gasteiger charge is -1.89. The summed E-state index contributed by atoms with van der Waals surface area (Å²) in [4.78, 5) is 10.4. The van der Waals surface area contributed by atoms with Crippen molar-refractivity contribution in [3.05, 3.63) is 0 Å². The van der Waals surface area contributed by atoms with Crippen LogP contribution >= 0.6 is 0 Å². The predicted octanol–water partition coefficient (Wildman–Crippen LogP) is 1.36. The molecule has 0 heterocycles. The summed E-state index contributed by atoms with van der Waals surface area (Å²) >= 11 is 0. The molecule has 2 nitrogen and oxygen atoms in total. The van der Waals surface area contributed by atoms with Gasteiger partial charge in [-0.2, -0.15) is 0 Å². The number of rotatable bonds is 2. The molecule has 2 aliphatic rings. The third kappa shape index (κ3) is 0.825. The molecule has 56 valence electrons. The standard InChI is InChI=1S/C8H12O2/c1-4-2-5(4)6-3-7(6)8(9)10/h4-7H,2-3H2,1H3,(H,9,10)/t4?,5?,6-,7+/m0/s1. The maximum absolute atomic E-state index is 10.4. The van der Waals surface area contributed by atoms with Gasteiger partial charge in [0.15, 0.2) is 0 Å². The van der Waals surface area contributed by atoms with Crippen LogP contribution in [0.4, 0.5) is 0 Å². The summed E-state index contributed by atoms with van der Waals surface area (Å²) in [6.45, 7) is 2.21. The van der Waals surface area contributed by atoms with Crippen LogP contribution in [0.15, 0.2) is 0 Å². The quantitative estimate of drug-likeness (QED) is 0.628. The van der Waals surface area contributed by atoms with E-state index < -0.39 is 5.97 Å². The van der Waals surface area contributed by atoms with Crippen molar-refractivity contribution in [3.63, 3.8) is 0 Å². The summed E-state index contributed by atoms with van der Waals surface area (Å²) in [6, 6.07) is 0. The topological polar surface area (TPSA) is 37.3 Å². The molecule has 0 radical (unpaired) electrons. The summed E-state index contributed by atoms with van der Waals surface area (Å²) in [5, 5.41) is 8.59. The highest BCUT2D eigenvalue weighted by molar-refractivity contribution is 5.73. The summed E-state index contributed by atoms with van der Waals surface area (Å²) in [6.07, 6.45) is 2.22. The van der Waals surface area contributed by atoms with Gasteiger partial charge in [-0.05, 0) is 30.6 Å². The van der Waals surface area contributed by atoms with Crippen LogP contribution in [-0.4, -0.2) is 11.1 Å². The van der Waals surface area contributed by atoms with Gasteiger partial charge in [-0.1, -0.05) is 6.92 Å². The SMILES string of the molecule is CC1CC1[C@@H]1C[C@H]1C(=O)O. The fraction of sp³-hybridized carbons (Fsp3) is 0.875. The van der Waals surface area contributed by atoms with Gasteiger partial charge in [0.25, 0.3) is 0 Å². The molecule has 0 aromatic heterocycles. The van der Waals surface area contributed by atoms with Gasteiger partial charge in [0.1, 0.15) is 0 Å². The van der Waals surface area contributed by atoms with E-state index in [2.05, 4.69) is 6.92 Å². The van der Waals surface area contributed by atoms with E-state index in [4.69, 9.17) is 5.11 Å². The second-order valence-corrected chi connectivity index (χ2v) is 3.72. The molecule has 0 aliphatic heterocycles. The van der Waals surface area contributed by atoms with Gasteiger partial charge in [0, 0.05) is 0 Å². The van der Waals surface area contributed by atoms with Gasteiger partial charge in [0.05, 0.1) is 5.92 Å². The van der Waals surface area contributed by atoms with Crippen LogP contribution in [0.2, 0.25) is 0 Å². The highest BCUT2D eigenvalue weighted by atomic mass is 16.4. The zero-order valence-corrected chi connectivity index (χ0v) is 6.08. The molecule has 2 aliphatic carbocycles. The molecule has 2 fully saturated rings. The lowest BCUT2D eigenvalue weighted by molar-refractivity contribution is -0.138. The van der Waals surface area contributed by atoms with E-state index in [1.807, 2.05) is 0 Å². The molecule has 2 rings (SSSR count). The minimum Gasteiger partial charge on any atom is -0.481 e. The Balaban J connectivity index is 1.85. The van der Waals surface area contributed by atoms with E-state index >= 15 is 0 Å². The molecule has 0 aromatic rings. The first-order chi connectivity index (χ1) is 4.70. The minimum atomic E-state index is -0.580. The molecule has 1 N–H and O–H groups in total. The molecule has 0 aromatic carbocycles. The molecule has 2 saturated carbocycles. The number of aliphatic carboxylic acids is 1. The molecule has 0 amide bonds. The lowest BCUT2D eigenvalue weighted by atomic mass is 10.2. The van der Waals surface area contributed by atoms with Crippen molar-refractivity contribution >= 4 is 5.97 Å². The van der Waals surface area contributed by atoms with Crippen LogP contribution in [0.25, 0.3) is 0 Å². The Morgan fingerprint density at radius 3 is 2.30 bits per heavy atom. The second kappa shape index (κ2) is 1.74. The predicted molar refractivity (Wildman–Crippen MR) is 36.5 cm³/mol. The van der Waals surface area contributed by atoms with Gasteiger partial charge in [-0.3, -0.25) is 4.79 Å². The van der Waals surface area contributed by atoms with E-state index in [-0.39, 0.29) is 5.92 Å². The third-order valence-electron chi connectivity index (χ3n) is 2.88. The lowest BCUT2D eigenvalue weighted by Crippen LogP contribution is -2.00.